The lowest BCUT2D eigenvalue weighted by Gasteiger charge is -2.28. The fraction of sp³-hybridized carbons (Fsp3) is 0.615. The minimum Gasteiger partial charge on any atom is -0.338 e. The Morgan fingerprint density at radius 3 is 2.71 bits per heavy atom. The Labute approximate surface area is 129 Å². The van der Waals surface area contributed by atoms with Crippen LogP contribution >= 0.6 is 11.6 Å². The third kappa shape index (κ3) is 3.87. The van der Waals surface area contributed by atoms with Gasteiger partial charge in [-0.2, -0.15) is 24.7 Å². The van der Waals surface area contributed by atoms with E-state index in [0.29, 0.717) is 17.9 Å². The summed E-state index contributed by atoms with van der Waals surface area (Å²) in [6.45, 7) is 7.35. The fourth-order valence-electron chi connectivity index (χ4n) is 1.94. The van der Waals surface area contributed by atoms with E-state index in [1.54, 1.807) is 0 Å². The highest BCUT2D eigenvalue weighted by Crippen LogP contribution is 2.17. The molecule has 7 nitrogen and oxygen atoms in total. The highest BCUT2D eigenvalue weighted by atomic mass is 35.5. The second-order valence-electron chi connectivity index (χ2n) is 4.85. The van der Waals surface area contributed by atoms with Crippen LogP contribution in [0.4, 0.5) is 5.95 Å². The molecule has 0 radical (unpaired) electrons. The van der Waals surface area contributed by atoms with E-state index in [2.05, 4.69) is 50.7 Å². The number of halogens is 1. The van der Waals surface area contributed by atoms with Crippen LogP contribution in [0, 0.1) is 0 Å². The van der Waals surface area contributed by atoms with Crippen molar-refractivity contribution < 1.29 is 0 Å². The van der Waals surface area contributed by atoms with Crippen LogP contribution in [-0.2, 0) is 0 Å². The predicted molar refractivity (Wildman–Crippen MR) is 81.8 cm³/mol. The maximum absolute atomic E-state index is 6.04. The van der Waals surface area contributed by atoms with Crippen LogP contribution in [0.3, 0.4) is 0 Å². The summed E-state index contributed by atoms with van der Waals surface area (Å²) in [5.74, 6) is 0.968. The molecule has 0 amide bonds. The fourth-order valence-corrected chi connectivity index (χ4v) is 2.09. The number of rotatable bonds is 7. The van der Waals surface area contributed by atoms with E-state index in [0.717, 1.165) is 25.8 Å². The van der Waals surface area contributed by atoms with Gasteiger partial charge in [0.1, 0.15) is 12.7 Å². The largest absolute Gasteiger partial charge is 0.338 e. The van der Waals surface area contributed by atoms with Gasteiger partial charge in [0.2, 0.25) is 11.2 Å². The molecule has 0 bridgehead atoms. The second kappa shape index (κ2) is 7.31. The van der Waals surface area contributed by atoms with Crippen molar-refractivity contribution in [3.63, 3.8) is 0 Å². The van der Waals surface area contributed by atoms with Crippen LogP contribution in [0.2, 0.25) is 5.28 Å². The van der Waals surface area contributed by atoms with Crippen molar-refractivity contribution in [3.8, 4) is 5.95 Å². The molecule has 2 aromatic heterocycles. The van der Waals surface area contributed by atoms with Crippen LogP contribution in [0.1, 0.15) is 40.0 Å². The van der Waals surface area contributed by atoms with Gasteiger partial charge in [0.25, 0.3) is 5.95 Å². The molecule has 0 aliphatic carbocycles. The Kier molecular flexibility index (Phi) is 5.44. The molecule has 0 spiro atoms. The zero-order valence-corrected chi connectivity index (χ0v) is 13.3. The molecular formula is C13H20ClN7. The number of hydrogen-bond donors (Lipinski definition) is 0. The van der Waals surface area contributed by atoms with E-state index >= 15 is 0 Å². The Balaban J connectivity index is 2.35. The van der Waals surface area contributed by atoms with Gasteiger partial charge in [-0.15, -0.1) is 0 Å². The third-order valence-electron chi connectivity index (χ3n) is 3.34. The molecule has 0 saturated carbocycles. The van der Waals surface area contributed by atoms with Gasteiger partial charge in [0.05, 0.1) is 0 Å². The first-order valence-corrected chi connectivity index (χ1v) is 7.56. The Hall–Kier alpha value is -1.76. The molecular weight excluding hydrogens is 290 g/mol. The van der Waals surface area contributed by atoms with E-state index in [1.165, 1.54) is 17.3 Å². The van der Waals surface area contributed by atoms with Gasteiger partial charge in [0, 0.05) is 12.6 Å². The van der Waals surface area contributed by atoms with Crippen LogP contribution in [0.25, 0.3) is 5.95 Å². The van der Waals surface area contributed by atoms with Crippen LogP contribution in [0.5, 0.6) is 0 Å². The summed E-state index contributed by atoms with van der Waals surface area (Å²) >= 11 is 6.04. The van der Waals surface area contributed by atoms with Crippen molar-refractivity contribution in [1.29, 1.82) is 0 Å². The van der Waals surface area contributed by atoms with E-state index < -0.39 is 0 Å². The SMILES string of the molecule is CCCCN(c1nc(Cl)nc(-n2cncn2)n1)C(C)CC. The molecule has 2 aromatic rings. The normalized spacial score (nSPS) is 12.4. The summed E-state index contributed by atoms with van der Waals surface area (Å²) in [4.78, 5) is 18.9. The van der Waals surface area contributed by atoms with Gasteiger partial charge in [0.15, 0.2) is 0 Å². The summed E-state index contributed by atoms with van der Waals surface area (Å²) in [6, 6.07) is 0.332. The molecule has 114 valence electrons. The summed E-state index contributed by atoms with van der Waals surface area (Å²) < 4.78 is 1.48. The van der Waals surface area contributed by atoms with Crippen molar-refractivity contribution in [2.45, 2.75) is 46.1 Å². The highest BCUT2D eigenvalue weighted by molar-refractivity contribution is 6.28. The van der Waals surface area contributed by atoms with Gasteiger partial charge in [-0.1, -0.05) is 20.3 Å². The summed E-state index contributed by atoms with van der Waals surface area (Å²) in [6.07, 6.45) is 6.16. The highest BCUT2D eigenvalue weighted by Gasteiger charge is 2.18. The third-order valence-corrected chi connectivity index (χ3v) is 3.51. The molecule has 0 saturated heterocycles. The number of nitrogens with zero attached hydrogens (tertiary/aromatic N) is 7. The van der Waals surface area contributed by atoms with Crippen molar-refractivity contribution in [2.24, 2.45) is 0 Å². The van der Waals surface area contributed by atoms with E-state index in [1.807, 2.05) is 0 Å². The minimum atomic E-state index is 0.162. The maximum Gasteiger partial charge on any atom is 0.258 e. The molecule has 2 heterocycles. The summed E-state index contributed by atoms with van der Waals surface area (Å²) in [5.41, 5.74) is 0. The summed E-state index contributed by atoms with van der Waals surface area (Å²) in [5, 5.41) is 4.19. The zero-order chi connectivity index (χ0) is 15.2. The van der Waals surface area contributed by atoms with Gasteiger partial charge >= 0.3 is 0 Å². The molecule has 0 N–H and O–H groups in total. The van der Waals surface area contributed by atoms with Gasteiger partial charge in [-0.25, -0.2) is 4.98 Å². The number of unbranched alkanes of at least 4 members (excludes halogenated alkanes) is 1. The smallest absolute Gasteiger partial charge is 0.258 e. The van der Waals surface area contributed by atoms with E-state index in [-0.39, 0.29) is 5.28 Å². The lowest BCUT2D eigenvalue weighted by atomic mass is 10.2. The molecule has 8 heteroatoms. The molecule has 1 unspecified atom stereocenters. The van der Waals surface area contributed by atoms with Crippen LogP contribution < -0.4 is 4.90 Å². The standard InChI is InChI=1S/C13H20ClN7/c1-4-6-7-20(10(3)5-2)12-17-11(14)18-13(19-12)21-9-15-8-16-21/h8-10H,4-7H2,1-3H3. The Morgan fingerprint density at radius 2 is 2.10 bits per heavy atom. The zero-order valence-electron chi connectivity index (χ0n) is 12.6. The number of hydrogen-bond acceptors (Lipinski definition) is 6. The quantitative estimate of drug-likeness (QED) is 0.782. The monoisotopic (exact) mass is 309 g/mol. The summed E-state index contributed by atoms with van der Waals surface area (Å²) in [7, 11) is 0. The Morgan fingerprint density at radius 1 is 1.29 bits per heavy atom. The Bertz CT molecular complexity index is 558. The average molecular weight is 310 g/mol. The molecule has 2 rings (SSSR count). The molecule has 0 aliphatic rings. The lowest BCUT2D eigenvalue weighted by molar-refractivity contribution is 0.579. The molecule has 0 fully saturated rings. The van der Waals surface area contributed by atoms with Crippen molar-refractivity contribution in [2.75, 3.05) is 11.4 Å². The molecule has 21 heavy (non-hydrogen) atoms. The second-order valence-corrected chi connectivity index (χ2v) is 5.19. The maximum atomic E-state index is 6.04. The van der Waals surface area contributed by atoms with Gasteiger partial charge in [-0.3, -0.25) is 0 Å². The first kappa shape index (κ1) is 15.6. The van der Waals surface area contributed by atoms with Crippen molar-refractivity contribution >= 4 is 17.5 Å². The number of aromatic nitrogens is 6. The lowest BCUT2D eigenvalue weighted by Crippen LogP contribution is -2.35. The van der Waals surface area contributed by atoms with Crippen LogP contribution in [-0.4, -0.2) is 42.3 Å². The molecule has 1 atom stereocenters. The van der Waals surface area contributed by atoms with Crippen LogP contribution in [0.15, 0.2) is 12.7 Å². The van der Waals surface area contributed by atoms with E-state index in [9.17, 15) is 0 Å². The van der Waals surface area contributed by atoms with Gasteiger partial charge < -0.3 is 4.90 Å². The first-order valence-electron chi connectivity index (χ1n) is 7.18. The van der Waals surface area contributed by atoms with E-state index in [4.69, 9.17) is 11.6 Å². The van der Waals surface area contributed by atoms with Crippen molar-refractivity contribution in [3.05, 3.63) is 17.9 Å². The first-order chi connectivity index (χ1) is 10.2. The van der Waals surface area contributed by atoms with Crippen molar-refractivity contribution in [1.82, 2.24) is 29.7 Å². The topological polar surface area (TPSA) is 72.6 Å². The molecule has 0 aromatic carbocycles. The molecule has 0 aliphatic heterocycles. The van der Waals surface area contributed by atoms with Gasteiger partial charge in [-0.05, 0) is 31.4 Å². The average Bonchev–Trinajstić information content (AvgIpc) is 3.01. The number of anilines is 1. The predicted octanol–water partition coefficient (Wildman–Crippen LogP) is 2.51. The minimum absolute atomic E-state index is 0.162.